The van der Waals surface area contributed by atoms with Crippen LogP contribution in [0.2, 0.25) is 0 Å². The molecule has 0 amide bonds. The van der Waals surface area contributed by atoms with Crippen molar-refractivity contribution in [3.8, 4) is 16.9 Å². The Morgan fingerprint density at radius 1 is 0.931 bits per heavy atom. The second-order valence-electron chi connectivity index (χ2n) is 6.61. The molecule has 152 valence electrons. The van der Waals surface area contributed by atoms with Crippen LogP contribution in [0.15, 0.2) is 71.6 Å². The van der Waals surface area contributed by atoms with Gasteiger partial charge in [0.2, 0.25) is 0 Å². The van der Waals surface area contributed by atoms with Crippen molar-refractivity contribution in [2.24, 2.45) is 0 Å². The summed E-state index contributed by atoms with van der Waals surface area (Å²) in [5.41, 5.74) is 0.725. The molecule has 1 N–H and O–H groups in total. The summed E-state index contributed by atoms with van der Waals surface area (Å²) in [6.45, 7) is 0.307. The van der Waals surface area contributed by atoms with E-state index in [1.54, 1.807) is 54.6 Å². The van der Waals surface area contributed by atoms with E-state index in [4.69, 9.17) is 4.74 Å². The van der Waals surface area contributed by atoms with E-state index in [1.165, 1.54) is 0 Å². The molecule has 5 nitrogen and oxygen atoms in total. The van der Waals surface area contributed by atoms with Crippen LogP contribution in [0.1, 0.15) is 0 Å². The number of ether oxygens (including phenoxy) is 1. The van der Waals surface area contributed by atoms with Crippen LogP contribution >= 0.6 is 0 Å². The fourth-order valence-corrected chi connectivity index (χ4v) is 3.93. The minimum absolute atomic E-state index is 0.0302. The average Bonchev–Trinajstić information content (AvgIpc) is 2.68. The summed E-state index contributed by atoms with van der Waals surface area (Å²) in [6, 6.07) is 16.3. The molecule has 0 atom stereocenters. The van der Waals surface area contributed by atoms with Gasteiger partial charge in [0.15, 0.2) is 11.6 Å². The number of halogens is 2. The van der Waals surface area contributed by atoms with Crippen LogP contribution in [0, 0.1) is 11.6 Å². The van der Waals surface area contributed by atoms with Crippen molar-refractivity contribution in [3.05, 3.63) is 78.4 Å². The SMILES string of the molecule is CN(C)COc1cccc(-c2cc(F)c(F)cc2S(=O)(=O)Nc2ccccc2)c1. The molecule has 0 saturated carbocycles. The Kier molecular flexibility index (Phi) is 6.14. The van der Waals surface area contributed by atoms with Crippen LogP contribution in [0.3, 0.4) is 0 Å². The van der Waals surface area contributed by atoms with E-state index in [0.29, 0.717) is 29.8 Å². The highest BCUT2D eigenvalue weighted by Crippen LogP contribution is 2.32. The summed E-state index contributed by atoms with van der Waals surface area (Å²) >= 11 is 0. The van der Waals surface area contributed by atoms with Crippen LogP contribution in [0.25, 0.3) is 11.1 Å². The van der Waals surface area contributed by atoms with Gasteiger partial charge in [-0.1, -0.05) is 30.3 Å². The highest BCUT2D eigenvalue weighted by Gasteiger charge is 2.23. The molecule has 0 fully saturated rings. The normalized spacial score (nSPS) is 11.5. The summed E-state index contributed by atoms with van der Waals surface area (Å²) in [4.78, 5) is 1.44. The summed E-state index contributed by atoms with van der Waals surface area (Å²) < 4.78 is 61.8. The zero-order valence-electron chi connectivity index (χ0n) is 15.9. The van der Waals surface area contributed by atoms with E-state index < -0.39 is 21.7 Å². The summed E-state index contributed by atoms with van der Waals surface area (Å²) in [7, 11) is -0.511. The molecule has 3 aromatic carbocycles. The molecule has 0 bridgehead atoms. The zero-order chi connectivity index (χ0) is 21.0. The predicted molar refractivity (Wildman–Crippen MR) is 108 cm³/mol. The lowest BCUT2D eigenvalue weighted by Gasteiger charge is -2.15. The first-order valence-corrected chi connectivity index (χ1v) is 10.2. The van der Waals surface area contributed by atoms with E-state index in [9.17, 15) is 17.2 Å². The first-order chi connectivity index (χ1) is 13.8. The molecule has 0 aliphatic carbocycles. The summed E-state index contributed by atoms with van der Waals surface area (Å²) in [6.07, 6.45) is 0. The second kappa shape index (κ2) is 8.59. The van der Waals surface area contributed by atoms with E-state index in [2.05, 4.69) is 4.72 Å². The van der Waals surface area contributed by atoms with Crippen molar-refractivity contribution in [2.45, 2.75) is 4.90 Å². The first kappa shape index (κ1) is 20.8. The monoisotopic (exact) mass is 418 g/mol. The van der Waals surface area contributed by atoms with Crippen LogP contribution in [-0.4, -0.2) is 34.1 Å². The zero-order valence-corrected chi connectivity index (χ0v) is 16.7. The Bertz CT molecular complexity index is 1100. The van der Waals surface area contributed by atoms with Crippen LogP contribution in [0.4, 0.5) is 14.5 Å². The maximum atomic E-state index is 14.0. The number of para-hydroxylation sites is 1. The smallest absolute Gasteiger partial charge is 0.262 e. The number of hydrogen-bond donors (Lipinski definition) is 1. The van der Waals surface area contributed by atoms with Crippen molar-refractivity contribution in [2.75, 3.05) is 25.5 Å². The van der Waals surface area contributed by atoms with E-state index in [-0.39, 0.29) is 10.5 Å². The number of rotatable bonds is 7. The van der Waals surface area contributed by atoms with E-state index >= 15 is 0 Å². The van der Waals surface area contributed by atoms with Crippen molar-refractivity contribution in [1.29, 1.82) is 0 Å². The number of hydrogen-bond acceptors (Lipinski definition) is 4. The molecule has 0 aromatic heterocycles. The van der Waals surface area contributed by atoms with Crippen molar-refractivity contribution in [1.82, 2.24) is 4.90 Å². The molecule has 0 saturated heterocycles. The van der Waals surface area contributed by atoms with Gasteiger partial charge in [-0.15, -0.1) is 0 Å². The molecule has 29 heavy (non-hydrogen) atoms. The maximum Gasteiger partial charge on any atom is 0.262 e. The van der Waals surface area contributed by atoms with Gasteiger partial charge in [-0.25, -0.2) is 17.2 Å². The second-order valence-corrected chi connectivity index (χ2v) is 8.27. The Morgan fingerprint density at radius 2 is 1.62 bits per heavy atom. The van der Waals surface area contributed by atoms with Gasteiger partial charge in [0, 0.05) is 11.3 Å². The van der Waals surface area contributed by atoms with Gasteiger partial charge in [0.05, 0.1) is 4.90 Å². The van der Waals surface area contributed by atoms with Gasteiger partial charge in [-0.2, -0.15) is 0 Å². The largest absolute Gasteiger partial charge is 0.478 e. The van der Waals surface area contributed by atoms with Crippen molar-refractivity contribution in [3.63, 3.8) is 0 Å². The number of nitrogens with one attached hydrogen (secondary N) is 1. The number of benzene rings is 3. The molecule has 8 heteroatoms. The Balaban J connectivity index is 2.06. The lowest BCUT2D eigenvalue weighted by atomic mass is 10.1. The van der Waals surface area contributed by atoms with E-state index in [0.717, 1.165) is 6.07 Å². The minimum Gasteiger partial charge on any atom is -0.478 e. The number of sulfonamides is 1. The highest BCUT2D eigenvalue weighted by molar-refractivity contribution is 7.92. The summed E-state index contributed by atoms with van der Waals surface area (Å²) in [5.74, 6) is -1.92. The maximum absolute atomic E-state index is 14.0. The van der Waals surface area contributed by atoms with Crippen LogP contribution < -0.4 is 9.46 Å². The van der Waals surface area contributed by atoms with Gasteiger partial charge >= 0.3 is 0 Å². The lowest BCUT2D eigenvalue weighted by Crippen LogP contribution is -2.18. The molecular formula is C21H20F2N2O3S. The molecule has 0 spiro atoms. The van der Waals surface area contributed by atoms with Crippen LogP contribution in [0.5, 0.6) is 5.75 Å². The Labute approximate surface area is 168 Å². The van der Waals surface area contributed by atoms with Gasteiger partial charge in [-0.05, 0) is 56.1 Å². The molecule has 3 aromatic rings. The van der Waals surface area contributed by atoms with Crippen molar-refractivity contribution < 1.29 is 21.9 Å². The topological polar surface area (TPSA) is 58.6 Å². The van der Waals surface area contributed by atoms with Gasteiger partial charge in [0.25, 0.3) is 10.0 Å². The van der Waals surface area contributed by atoms with Gasteiger partial charge in [-0.3, -0.25) is 9.62 Å². The molecule has 0 radical (unpaired) electrons. The Morgan fingerprint density at radius 3 is 2.31 bits per heavy atom. The highest BCUT2D eigenvalue weighted by atomic mass is 32.2. The van der Waals surface area contributed by atoms with E-state index in [1.807, 2.05) is 19.0 Å². The first-order valence-electron chi connectivity index (χ1n) is 8.71. The van der Waals surface area contributed by atoms with Gasteiger partial charge < -0.3 is 4.74 Å². The lowest BCUT2D eigenvalue weighted by molar-refractivity contribution is 0.179. The quantitative estimate of drug-likeness (QED) is 0.581. The standard InChI is InChI=1S/C21H20F2N2O3S/c1-25(2)14-28-17-10-6-7-15(11-17)18-12-19(22)20(23)13-21(18)29(26,27)24-16-8-4-3-5-9-16/h3-13,24H,14H2,1-2H3. The third kappa shape index (κ3) is 5.10. The third-order valence-electron chi connectivity index (χ3n) is 3.97. The minimum atomic E-state index is -4.18. The summed E-state index contributed by atoms with van der Waals surface area (Å²) in [5, 5.41) is 0. The molecule has 0 heterocycles. The molecule has 3 rings (SSSR count). The fraction of sp³-hybridized carbons (Fsp3) is 0.143. The third-order valence-corrected chi connectivity index (χ3v) is 5.39. The number of nitrogens with zero attached hydrogens (tertiary/aromatic N) is 1. The molecular weight excluding hydrogens is 398 g/mol. The Hall–Kier alpha value is -2.97. The molecule has 0 aliphatic rings. The average molecular weight is 418 g/mol. The van der Waals surface area contributed by atoms with Crippen molar-refractivity contribution >= 4 is 15.7 Å². The van der Waals surface area contributed by atoms with Crippen LogP contribution in [-0.2, 0) is 10.0 Å². The predicted octanol–water partition coefficient (Wildman–Crippen LogP) is 4.33. The van der Waals surface area contributed by atoms with Gasteiger partial charge in [0.1, 0.15) is 12.5 Å². The fourth-order valence-electron chi connectivity index (χ4n) is 2.65. The number of anilines is 1. The molecule has 0 unspecified atom stereocenters. The molecule has 0 aliphatic heterocycles.